The molecule has 2 fully saturated rings. The SMILES string of the molecule is Cc1cccn2c(C(C)(C)NC(=O)C3CC34CCNC4)ncc12. The Hall–Kier alpha value is -1.88. The van der Waals surface area contributed by atoms with Gasteiger partial charge >= 0.3 is 0 Å². The highest BCUT2D eigenvalue weighted by Gasteiger charge is 2.59. The lowest BCUT2D eigenvalue weighted by Crippen LogP contribution is -2.44. The molecule has 1 aliphatic heterocycles. The second-order valence-electron chi connectivity index (χ2n) is 7.69. The number of aromatic nitrogens is 2. The van der Waals surface area contributed by atoms with E-state index in [1.54, 1.807) is 0 Å². The van der Waals surface area contributed by atoms with Gasteiger partial charge in [-0.3, -0.25) is 4.79 Å². The first-order valence-corrected chi connectivity index (χ1v) is 8.39. The second-order valence-corrected chi connectivity index (χ2v) is 7.69. The summed E-state index contributed by atoms with van der Waals surface area (Å²) in [5, 5.41) is 6.62. The fourth-order valence-electron chi connectivity index (χ4n) is 4.03. The monoisotopic (exact) mass is 312 g/mol. The Morgan fingerprint density at radius 2 is 2.35 bits per heavy atom. The third kappa shape index (κ3) is 2.26. The van der Waals surface area contributed by atoms with Crippen molar-refractivity contribution in [2.24, 2.45) is 11.3 Å². The molecule has 3 heterocycles. The number of amides is 1. The van der Waals surface area contributed by atoms with E-state index in [0.29, 0.717) is 0 Å². The molecule has 2 unspecified atom stereocenters. The van der Waals surface area contributed by atoms with Crippen molar-refractivity contribution in [3.05, 3.63) is 35.9 Å². The van der Waals surface area contributed by atoms with Gasteiger partial charge in [-0.05, 0) is 57.2 Å². The summed E-state index contributed by atoms with van der Waals surface area (Å²) >= 11 is 0. The van der Waals surface area contributed by atoms with Gasteiger partial charge in [0.15, 0.2) is 0 Å². The molecule has 1 saturated heterocycles. The predicted molar refractivity (Wildman–Crippen MR) is 89.1 cm³/mol. The highest BCUT2D eigenvalue weighted by molar-refractivity contribution is 5.83. The summed E-state index contributed by atoms with van der Waals surface area (Å²) < 4.78 is 2.08. The molecule has 0 radical (unpaired) electrons. The summed E-state index contributed by atoms with van der Waals surface area (Å²) in [6.45, 7) is 8.16. The zero-order valence-corrected chi connectivity index (χ0v) is 14.0. The molecule has 122 valence electrons. The maximum atomic E-state index is 12.7. The molecular formula is C18H24N4O. The van der Waals surface area contributed by atoms with Crippen LogP contribution in [0.5, 0.6) is 0 Å². The average molecular weight is 312 g/mol. The topological polar surface area (TPSA) is 58.4 Å². The second kappa shape index (κ2) is 4.81. The summed E-state index contributed by atoms with van der Waals surface area (Å²) in [5.74, 6) is 1.21. The van der Waals surface area contributed by atoms with Crippen LogP contribution in [0.2, 0.25) is 0 Å². The number of nitrogens with zero attached hydrogens (tertiary/aromatic N) is 2. The molecule has 4 rings (SSSR count). The minimum absolute atomic E-state index is 0.157. The zero-order valence-electron chi connectivity index (χ0n) is 14.0. The van der Waals surface area contributed by atoms with Crippen molar-refractivity contribution in [3.8, 4) is 0 Å². The molecule has 5 nitrogen and oxygen atoms in total. The number of pyridine rings is 1. The van der Waals surface area contributed by atoms with Crippen molar-refractivity contribution < 1.29 is 4.79 Å². The molecular weight excluding hydrogens is 288 g/mol. The van der Waals surface area contributed by atoms with E-state index >= 15 is 0 Å². The zero-order chi connectivity index (χ0) is 16.2. The van der Waals surface area contributed by atoms with Gasteiger partial charge in [0.2, 0.25) is 5.91 Å². The Morgan fingerprint density at radius 3 is 3.09 bits per heavy atom. The van der Waals surface area contributed by atoms with Gasteiger partial charge in [-0.15, -0.1) is 0 Å². The van der Waals surface area contributed by atoms with Crippen molar-refractivity contribution >= 4 is 11.4 Å². The van der Waals surface area contributed by atoms with Gasteiger partial charge in [0.05, 0.1) is 17.3 Å². The highest BCUT2D eigenvalue weighted by atomic mass is 16.2. The van der Waals surface area contributed by atoms with Crippen molar-refractivity contribution in [3.63, 3.8) is 0 Å². The molecule has 2 atom stereocenters. The van der Waals surface area contributed by atoms with Crippen LogP contribution in [-0.2, 0) is 10.3 Å². The number of rotatable bonds is 3. The van der Waals surface area contributed by atoms with E-state index in [1.165, 1.54) is 5.56 Å². The first-order valence-electron chi connectivity index (χ1n) is 8.39. The Balaban J connectivity index is 1.57. The van der Waals surface area contributed by atoms with E-state index in [2.05, 4.69) is 33.0 Å². The Kier molecular flexibility index (Phi) is 3.07. The van der Waals surface area contributed by atoms with E-state index in [0.717, 1.165) is 37.3 Å². The number of carbonyl (C=O) groups excluding carboxylic acids is 1. The lowest BCUT2D eigenvalue weighted by Gasteiger charge is -2.26. The summed E-state index contributed by atoms with van der Waals surface area (Å²) in [7, 11) is 0. The van der Waals surface area contributed by atoms with Gasteiger partial charge in [-0.25, -0.2) is 4.98 Å². The van der Waals surface area contributed by atoms with Crippen LogP contribution in [0.4, 0.5) is 0 Å². The van der Waals surface area contributed by atoms with Crippen LogP contribution in [0.25, 0.3) is 5.52 Å². The van der Waals surface area contributed by atoms with Crippen LogP contribution in [0, 0.1) is 18.3 Å². The first kappa shape index (κ1) is 14.7. The fraction of sp³-hybridized carbons (Fsp3) is 0.556. The van der Waals surface area contributed by atoms with Gasteiger partial charge in [-0.1, -0.05) is 6.07 Å². The number of carbonyl (C=O) groups is 1. The molecule has 1 amide bonds. The molecule has 5 heteroatoms. The van der Waals surface area contributed by atoms with Crippen LogP contribution in [0.1, 0.15) is 38.1 Å². The van der Waals surface area contributed by atoms with Crippen LogP contribution in [0.15, 0.2) is 24.5 Å². The largest absolute Gasteiger partial charge is 0.344 e. The molecule has 1 aliphatic carbocycles. The van der Waals surface area contributed by atoms with Crippen molar-refractivity contribution in [2.75, 3.05) is 13.1 Å². The molecule has 23 heavy (non-hydrogen) atoms. The quantitative estimate of drug-likeness (QED) is 0.911. The summed E-state index contributed by atoms with van der Waals surface area (Å²) in [5.41, 5.74) is 2.01. The van der Waals surface area contributed by atoms with Gasteiger partial charge in [0, 0.05) is 18.7 Å². The summed E-state index contributed by atoms with van der Waals surface area (Å²) in [4.78, 5) is 17.3. The maximum absolute atomic E-state index is 12.7. The first-order chi connectivity index (χ1) is 10.9. The van der Waals surface area contributed by atoms with E-state index in [4.69, 9.17) is 0 Å². The average Bonchev–Trinajstić information content (AvgIpc) is 2.85. The number of fused-ring (bicyclic) bond motifs is 1. The van der Waals surface area contributed by atoms with E-state index in [1.807, 2.05) is 32.3 Å². The Bertz CT molecular complexity index is 770. The molecule has 1 saturated carbocycles. The van der Waals surface area contributed by atoms with E-state index in [9.17, 15) is 4.79 Å². The minimum Gasteiger partial charge on any atom is -0.344 e. The molecule has 0 bridgehead atoms. The van der Waals surface area contributed by atoms with Gasteiger partial charge in [0.25, 0.3) is 0 Å². The number of hydrogen-bond donors (Lipinski definition) is 2. The molecule has 2 aromatic heterocycles. The number of imidazole rings is 1. The van der Waals surface area contributed by atoms with Gasteiger partial charge in [0.1, 0.15) is 5.82 Å². The normalized spacial score (nSPS) is 26.8. The Morgan fingerprint density at radius 1 is 1.52 bits per heavy atom. The van der Waals surface area contributed by atoms with Crippen molar-refractivity contribution in [1.82, 2.24) is 20.0 Å². The molecule has 2 N–H and O–H groups in total. The predicted octanol–water partition coefficient (Wildman–Crippen LogP) is 1.99. The highest BCUT2D eigenvalue weighted by Crippen LogP contribution is 2.56. The van der Waals surface area contributed by atoms with E-state index < -0.39 is 5.54 Å². The van der Waals surface area contributed by atoms with Crippen LogP contribution < -0.4 is 10.6 Å². The van der Waals surface area contributed by atoms with E-state index in [-0.39, 0.29) is 17.2 Å². The van der Waals surface area contributed by atoms with Crippen LogP contribution in [0.3, 0.4) is 0 Å². The van der Waals surface area contributed by atoms with Crippen LogP contribution in [-0.4, -0.2) is 28.4 Å². The maximum Gasteiger partial charge on any atom is 0.224 e. The minimum atomic E-state index is -0.493. The molecule has 2 aromatic rings. The van der Waals surface area contributed by atoms with Crippen LogP contribution >= 0.6 is 0 Å². The van der Waals surface area contributed by atoms with Gasteiger partial charge < -0.3 is 15.0 Å². The summed E-state index contributed by atoms with van der Waals surface area (Å²) in [6, 6.07) is 4.10. The lowest BCUT2D eigenvalue weighted by atomic mass is 10.0. The van der Waals surface area contributed by atoms with Crippen molar-refractivity contribution in [1.29, 1.82) is 0 Å². The number of aryl methyl sites for hydroxylation is 1. The van der Waals surface area contributed by atoms with Gasteiger partial charge in [-0.2, -0.15) is 0 Å². The number of hydrogen-bond acceptors (Lipinski definition) is 3. The van der Waals surface area contributed by atoms with Crippen molar-refractivity contribution in [2.45, 2.75) is 39.2 Å². The summed E-state index contributed by atoms with van der Waals surface area (Å²) in [6.07, 6.45) is 6.04. The fourth-order valence-corrected chi connectivity index (χ4v) is 4.03. The lowest BCUT2D eigenvalue weighted by molar-refractivity contribution is -0.124. The number of nitrogens with one attached hydrogen (secondary N) is 2. The molecule has 2 aliphatic rings. The Labute approximate surface area is 136 Å². The third-order valence-corrected chi connectivity index (χ3v) is 5.56. The third-order valence-electron chi connectivity index (χ3n) is 5.56. The smallest absolute Gasteiger partial charge is 0.224 e. The molecule has 1 spiro atoms. The standard InChI is InChI=1S/C18H24N4O/c1-12-5-4-8-22-14(12)10-20-16(22)17(2,3)21-15(23)13-9-18(13)6-7-19-11-18/h4-5,8,10,13,19H,6-7,9,11H2,1-3H3,(H,21,23). The molecule has 0 aromatic carbocycles.